The maximum Gasteiger partial charge on any atom is 0.251 e. The average Bonchev–Trinajstić information content (AvgIpc) is 3.25. The Morgan fingerprint density at radius 1 is 1.12 bits per heavy atom. The summed E-state index contributed by atoms with van der Waals surface area (Å²) in [6, 6.07) is 10.1. The van der Waals surface area contributed by atoms with Crippen molar-refractivity contribution in [2.45, 2.75) is 57.5 Å². The van der Waals surface area contributed by atoms with Crippen molar-refractivity contribution in [2.24, 2.45) is 0 Å². The van der Waals surface area contributed by atoms with Gasteiger partial charge < -0.3 is 4.90 Å². The third kappa shape index (κ3) is 4.56. The summed E-state index contributed by atoms with van der Waals surface area (Å²) in [5.74, 6) is -0.329. The van der Waals surface area contributed by atoms with Crippen molar-refractivity contribution in [2.75, 3.05) is 24.5 Å². The first-order valence-corrected chi connectivity index (χ1v) is 11.6. The van der Waals surface area contributed by atoms with E-state index in [9.17, 15) is 14.9 Å². The molecule has 2 saturated heterocycles. The van der Waals surface area contributed by atoms with Crippen LogP contribution in [-0.2, 0) is 15.0 Å². The first kappa shape index (κ1) is 22.8. The topological polar surface area (TPSA) is 80.5 Å². The van der Waals surface area contributed by atoms with Gasteiger partial charge in [0.1, 0.15) is 12.1 Å². The molecular weight excluding hydrogens is 414 g/mol. The van der Waals surface area contributed by atoms with E-state index < -0.39 is 12.1 Å². The van der Waals surface area contributed by atoms with Crippen LogP contribution in [0.4, 0.5) is 5.69 Å². The van der Waals surface area contributed by atoms with Gasteiger partial charge in [0.2, 0.25) is 5.91 Å². The Morgan fingerprint density at radius 2 is 1.85 bits per heavy atom. The van der Waals surface area contributed by atoms with Crippen molar-refractivity contribution in [1.29, 1.82) is 5.26 Å². The maximum atomic E-state index is 14.0. The summed E-state index contributed by atoms with van der Waals surface area (Å²) in [4.78, 5) is 36.8. The summed E-state index contributed by atoms with van der Waals surface area (Å²) in [6.07, 6.45) is 7.81. The summed E-state index contributed by atoms with van der Waals surface area (Å²) in [6.45, 7) is 8.35. The monoisotopic (exact) mass is 445 g/mol. The minimum absolute atomic E-state index is 0.0351. The smallest absolute Gasteiger partial charge is 0.251 e. The van der Waals surface area contributed by atoms with Crippen LogP contribution in [0.3, 0.4) is 0 Å². The van der Waals surface area contributed by atoms with Crippen LogP contribution >= 0.6 is 0 Å². The second-order valence-corrected chi connectivity index (χ2v) is 9.82. The third-order valence-corrected chi connectivity index (χ3v) is 6.58. The van der Waals surface area contributed by atoms with Gasteiger partial charge in [0, 0.05) is 43.3 Å². The second-order valence-electron chi connectivity index (χ2n) is 9.82. The number of carbonyl (C=O) groups is 2. The molecule has 0 radical (unpaired) electrons. The van der Waals surface area contributed by atoms with Crippen LogP contribution in [0.1, 0.15) is 57.2 Å². The van der Waals surface area contributed by atoms with Gasteiger partial charge in [0.25, 0.3) is 5.91 Å². The largest absolute Gasteiger partial charge is 0.340 e. The number of nitrogens with zero attached hydrogens (tertiary/aromatic N) is 5. The molecule has 4 rings (SSSR count). The molecule has 33 heavy (non-hydrogen) atoms. The van der Waals surface area contributed by atoms with Crippen LogP contribution in [-0.4, -0.2) is 52.3 Å². The molecule has 2 atom stereocenters. The Morgan fingerprint density at radius 3 is 2.39 bits per heavy atom. The van der Waals surface area contributed by atoms with Crippen molar-refractivity contribution in [3.63, 3.8) is 0 Å². The number of rotatable bonds is 5. The summed E-state index contributed by atoms with van der Waals surface area (Å²) in [7, 11) is 0. The van der Waals surface area contributed by atoms with E-state index in [2.05, 4.69) is 31.9 Å². The predicted octanol–water partition coefficient (Wildman–Crippen LogP) is 3.63. The Kier molecular flexibility index (Phi) is 6.37. The van der Waals surface area contributed by atoms with Crippen LogP contribution in [0, 0.1) is 11.5 Å². The Hall–Kier alpha value is -3.40. The molecule has 1 aromatic heterocycles. The molecule has 7 heteroatoms. The fourth-order valence-corrected chi connectivity index (χ4v) is 4.48. The molecule has 1 aromatic carbocycles. The lowest BCUT2D eigenvalue weighted by Gasteiger charge is -2.40. The molecular formula is C26H31N5O2. The van der Waals surface area contributed by atoms with Gasteiger partial charge in [-0.25, -0.2) is 0 Å². The molecule has 0 saturated carbocycles. The number of amides is 2. The Labute approximate surface area is 195 Å². The van der Waals surface area contributed by atoms with E-state index in [1.54, 1.807) is 28.3 Å². The molecule has 3 heterocycles. The predicted molar refractivity (Wildman–Crippen MR) is 126 cm³/mol. The normalized spacial score (nSPS) is 18.9. The van der Waals surface area contributed by atoms with Crippen molar-refractivity contribution in [3.8, 4) is 6.19 Å². The number of benzene rings is 1. The highest BCUT2D eigenvalue weighted by molar-refractivity contribution is 6.04. The number of pyridine rings is 1. The summed E-state index contributed by atoms with van der Waals surface area (Å²) >= 11 is 0. The molecule has 2 aliphatic heterocycles. The Balaban J connectivity index is 1.81. The fraction of sp³-hybridized carbons (Fsp3) is 0.462. The SMILES string of the molecule is CC(C)(C)c1ccc(N(C(=O)C2CCCN2C#N)C(C(=O)N2CCC2)c2cccnc2)cc1. The number of hydrogen-bond acceptors (Lipinski definition) is 5. The van der Waals surface area contributed by atoms with Gasteiger partial charge in [-0.3, -0.25) is 24.4 Å². The van der Waals surface area contributed by atoms with Crippen molar-refractivity contribution < 1.29 is 9.59 Å². The lowest BCUT2D eigenvalue weighted by molar-refractivity contribution is -0.138. The fourth-order valence-electron chi connectivity index (χ4n) is 4.48. The molecule has 0 bridgehead atoms. The third-order valence-electron chi connectivity index (χ3n) is 6.58. The molecule has 2 aromatic rings. The highest BCUT2D eigenvalue weighted by Gasteiger charge is 2.42. The van der Waals surface area contributed by atoms with Crippen molar-refractivity contribution >= 4 is 17.5 Å². The van der Waals surface area contributed by atoms with Gasteiger partial charge in [-0.2, -0.15) is 5.26 Å². The molecule has 0 N–H and O–H groups in total. The maximum absolute atomic E-state index is 14.0. The average molecular weight is 446 g/mol. The van der Waals surface area contributed by atoms with E-state index in [-0.39, 0.29) is 17.2 Å². The molecule has 2 aliphatic rings. The quantitative estimate of drug-likeness (QED) is 0.657. The van der Waals surface area contributed by atoms with Crippen LogP contribution in [0.15, 0.2) is 48.8 Å². The van der Waals surface area contributed by atoms with Crippen LogP contribution in [0.25, 0.3) is 0 Å². The number of likely N-dealkylation sites (tertiary alicyclic amines) is 2. The van der Waals surface area contributed by atoms with Gasteiger partial charge in [0.15, 0.2) is 6.19 Å². The highest BCUT2D eigenvalue weighted by atomic mass is 16.2. The van der Waals surface area contributed by atoms with Crippen LogP contribution in [0.2, 0.25) is 0 Å². The molecule has 2 unspecified atom stereocenters. The van der Waals surface area contributed by atoms with Gasteiger partial charge in [-0.05, 0) is 48.4 Å². The van der Waals surface area contributed by atoms with E-state index in [1.807, 2.05) is 30.3 Å². The van der Waals surface area contributed by atoms with Gasteiger partial charge in [-0.1, -0.05) is 39.0 Å². The van der Waals surface area contributed by atoms with Crippen LogP contribution < -0.4 is 4.90 Å². The minimum Gasteiger partial charge on any atom is -0.340 e. The van der Waals surface area contributed by atoms with E-state index in [1.165, 1.54) is 4.90 Å². The molecule has 0 aliphatic carbocycles. The zero-order chi connectivity index (χ0) is 23.6. The molecule has 2 amide bonds. The lowest BCUT2D eigenvalue weighted by atomic mass is 9.87. The number of anilines is 1. The lowest BCUT2D eigenvalue weighted by Crippen LogP contribution is -2.53. The first-order valence-electron chi connectivity index (χ1n) is 11.6. The molecule has 0 spiro atoms. The minimum atomic E-state index is -0.826. The van der Waals surface area contributed by atoms with Gasteiger partial charge in [-0.15, -0.1) is 0 Å². The second kappa shape index (κ2) is 9.22. The zero-order valence-electron chi connectivity index (χ0n) is 19.6. The molecule has 2 fully saturated rings. The summed E-state index contributed by atoms with van der Waals surface area (Å²) < 4.78 is 0. The van der Waals surface area contributed by atoms with E-state index >= 15 is 0 Å². The number of aromatic nitrogens is 1. The van der Waals surface area contributed by atoms with Crippen LogP contribution in [0.5, 0.6) is 0 Å². The van der Waals surface area contributed by atoms with Gasteiger partial charge >= 0.3 is 0 Å². The number of hydrogen-bond donors (Lipinski definition) is 0. The van der Waals surface area contributed by atoms with E-state index in [0.29, 0.717) is 37.3 Å². The van der Waals surface area contributed by atoms with Crippen molar-refractivity contribution in [1.82, 2.24) is 14.8 Å². The van der Waals surface area contributed by atoms with Crippen molar-refractivity contribution in [3.05, 3.63) is 59.9 Å². The summed E-state index contributed by atoms with van der Waals surface area (Å²) in [5.41, 5.74) is 2.43. The molecule has 7 nitrogen and oxygen atoms in total. The van der Waals surface area contributed by atoms with E-state index in [4.69, 9.17) is 0 Å². The Bertz CT molecular complexity index is 1040. The standard InChI is InChI=1S/C26H31N5O2/c1-26(2,3)20-9-11-21(12-10-20)31(24(32)22-8-5-14-30(22)18-27)23(19-7-4-13-28-17-19)25(33)29-15-6-16-29/h4,7,9-13,17,22-23H,5-6,8,14-16H2,1-3H3. The first-order chi connectivity index (χ1) is 15.8. The zero-order valence-corrected chi connectivity index (χ0v) is 19.6. The summed E-state index contributed by atoms with van der Waals surface area (Å²) in [5, 5.41) is 9.58. The number of nitriles is 1. The van der Waals surface area contributed by atoms with Gasteiger partial charge in [0.05, 0.1) is 0 Å². The van der Waals surface area contributed by atoms with E-state index in [0.717, 1.165) is 18.4 Å². The highest BCUT2D eigenvalue weighted by Crippen LogP contribution is 2.34. The number of carbonyl (C=O) groups excluding carboxylic acids is 2. The molecule has 172 valence electrons.